The third-order valence-corrected chi connectivity index (χ3v) is 5.44. The molecule has 0 fully saturated rings. The van der Waals surface area contributed by atoms with Crippen molar-refractivity contribution < 1.29 is 14.7 Å². The summed E-state index contributed by atoms with van der Waals surface area (Å²) < 4.78 is 0. The van der Waals surface area contributed by atoms with Crippen molar-refractivity contribution >= 4 is 47.6 Å². The molecule has 0 bridgehead atoms. The van der Waals surface area contributed by atoms with Crippen molar-refractivity contribution in [2.75, 3.05) is 6.54 Å². The largest absolute Gasteiger partial charge is 0.465 e. The zero-order valence-corrected chi connectivity index (χ0v) is 19.9. The fraction of sp³-hybridized carbons (Fsp3) is 0.167. The summed E-state index contributed by atoms with van der Waals surface area (Å²) in [5, 5.41) is 13.6. The molecule has 33 heavy (non-hydrogen) atoms. The molecule has 0 aliphatic rings. The van der Waals surface area contributed by atoms with Gasteiger partial charge in [0.1, 0.15) is 6.04 Å². The second-order valence-electron chi connectivity index (χ2n) is 7.30. The maximum Gasteiger partial charge on any atom is 0.407 e. The van der Waals surface area contributed by atoms with E-state index in [1.54, 1.807) is 24.3 Å². The molecule has 3 aromatic rings. The molecule has 0 aliphatic heterocycles. The van der Waals surface area contributed by atoms with Crippen LogP contribution in [0.5, 0.6) is 0 Å². The Balaban J connectivity index is 0.00000385. The standard InChI is InChI=1S/C24H23Cl2N3O3.ClH/c25-19-10-6-17(7-11-19)22(18-8-12-20(26)13-9-18)28-23(30)21(27)15-29(24(31)32)14-16-4-2-1-3-5-16;/h1-13,21-22H,14-15,27H2,(H,28,30)(H,31,32);1H. The molecule has 9 heteroatoms. The second-order valence-corrected chi connectivity index (χ2v) is 8.17. The highest BCUT2D eigenvalue weighted by Crippen LogP contribution is 2.25. The monoisotopic (exact) mass is 507 g/mol. The average Bonchev–Trinajstić information content (AvgIpc) is 2.79. The van der Waals surface area contributed by atoms with Crippen molar-refractivity contribution in [1.29, 1.82) is 0 Å². The first-order chi connectivity index (χ1) is 15.3. The predicted molar refractivity (Wildman–Crippen MR) is 133 cm³/mol. The highest BCUT2D eigenvalue weighted by Gasteiger charge is 2.25. The van der Waals surface area contributed by atoms with E-state index in [-0.39, 0.29) is 25.5 Å². The molecule has 0 spiro atoms. The molecular formula is C24H24Cl3N3O3. The molecule has 0 aliphatic carbocycles. The summed E-state index contributed by atoms with van der Waals surface area (Å²) in [5.74, 6) is -0.473. The number of nitrogens with one attached hydrogen (secondary N) is 1. The molecule has 0 saturated heterocycles. The van der Waals surface area contributed by atoms with Gasteiger partial charge in [-0.15, -0.1) is 12.4 Å². The van der Waals surface area contributed by atoms with Crippen molar-refractivity contribution in [3.8, 4) is 0 Å². The molecule has 0 heterocycles. The minimum Gasteiger partial charge on any atom is -0.465 e. The quantitative estimate of drug-likeness (QED) is 0.393. The van der Waals surface area contributed by atoms with Crippen LogP contribution in [0.15, 0.2) is 78.9 Å². The highest BCUT2D eigenvalue weighted by molar-refractivity contribution is 6.30. The Morgan fingerprint density at radius 3 is 1.82 bits per heavy atom. The van der Waals surface area contributed by atoms with Gasteiger partial charge < -0.3 is 21.1 Å². The molecule has 1 atom stereocenters. The molecule has 0 radical (unpaired) electrons. The van der Waals surface area contributed by atoms with Crippen molar-refractivity contribution in [3.05, 3.63) is 106 Å². The fourth-order valence-corrected chi connectivity index (χ4v) is 3.51. The number of halogens is 3. The van der Waals surface area contributed by atoms with Gasteiger partial charge in [-0.2, -0.15) is 0 Å². The fourth-order valence-electron chi connectivity index (χ4n) is 3.25. The predicted octanol–water partition coefficient (Wildman–Crippen LogP) is 5.13. The van der Waals surface area contributed by atoms with E-state index in [4.69, 9.17) is 28.9 Å². The van der Waals surface area contributed by atoms with Crippen molar-refractivity contribution in [2.45, 2.75) is 18.6 Å². The maximum absolute atomic E-state index is 12.9. The van der Waals surface area contributed by atoms with Gasteiger partial charge in [0.2, 0.25) is 5.91 Å². The number of nitrogens with zero attached hydrogens (tertiary/aromatic N) is 1. The van der Waals surface area contributed by atoms with Gasteiger partial charge in [0.25, 0.3) is 0 Å². The summed E-state index contributed by atoms with van der Waals surface area (Å²) in [6.45, 7) is -0.0149. The van der Waals surface area contributed by atoms with Crippen LogP contribution in [0.2, 0.25) is 10.0 Å². The minimum absolute atomic E-state index is 0. The van der Waals surface area contributed by atoms with Gasteiger partial charge >= 0.3 is 6.09 Å². The number of hydrogen-bond donors (Lipinski definition) is 3. The van der Waals surface area contributed by atoms with Crippen molar-refractivity contribution in [2.24, 2.45) is 5.73 Å². The van der Waals surface area contributed by atoms with Crippen LogP contribution >= 0.6 is 35.6 Å². The van der Waals surface area contributed by atoms with Crippen LogP contribution in [0, 0.1) is 0 Å². The Bertz CT molecular complexity index is 1000. The molecular weight excluding hydrogens is 485 g/mol. The van der Waals surface area contributed by atoms with E-state index in [1.165, 1.54) is 0 Å². The lowest BCUT2D eigenvalue weighted by atomic mass is 9.98. The van der Waals surface area contributed by atoms with Crippen LogP contribution in [-0.2, 0) is 11.3 Å². The number of nitrogens with two attached hydrogens (primary N) is 1. The summed E-state index contributed by atoms with van der Waals surface area (Å²) in [6, 6.07) is 21.8. The van der Waals surface area contributed by atoms with Gasteiger partial charge in [0.15, 0.2) is 0 Å². The molecule has 0 aromatic heterocycles. The number of carboxylic acid groups (broad SMARTS) is 1. The van der Waals surface area contributed by atoms with Gasteiger partial charge in [0, 0.05) is 23.1 Å². The smallest absolute Gasteiger partial charge is 0.407 e. The van der Waals surface area contributed by atoms with E-state index in [1.807, 2.05) is 54.6 Å². The third-order valence-electron chi connectivity index (χ3n) is 4.93. The lowest BCUT2D eigenvalue weighted by Gasteiger charge is -2.25. The van der Waals surface area contributed by atoms with Crippen LogP contribution in [0.25, 0.3) is 0 Å². The number of amides is 2. The number of carbonyl (C=O) groups is 2. The Labute approximate surface area is 208 Å². The van der Waals surface area contributed by atoms with Gasteiger partial charge in [-0.1, -0.05) is 77.8 Å². The molecule has 4 N–H and O–H groups in total. The molecule has 3 aromatic carbocycles. The number of carbonyl (C=O) groups excluding carboxylic acids is 1. The molecule has 6 nitrogen and oxygen atoms in total. The Kier molecular flexibility index (Phi) is 10.0. The van der Waals surface area contributed by atoms with Crippen molar-refractivity contribution in [3.63, 3.8) is 0 Å². The van der Waals surface area contributed by atoms with Gasteiger partial charge in [-0.05, 0) is 41.0 Å². The molecule has 0 saturated carbocycles. The first-order valence-corrected chi connectivity index (χ1v) is 10.7. The SMILES string of the molecule is Cl.NC(CN(Cc1ccccc1)C(=O)O)C(=O)NC(c1ccc(Cl)cc1)c1ccc(Cl)cc1. The van der Waals surface area contributed by atoms with E-state index < -0.39 is 24.1 Å². The van der Waals surface area contributed by atoms with Crippen LogP contribution in [0.1, 0.15) is 22.7 Å². The molecule has 174 valence electrons. The summed E-state index contributed by atoms with van der Waals surface area (Å²) in [5.41, 5.74) is 8.52. The first-order valence-electron chi connectivity index (χ1n) is 9.92. The number of benzene rings is 3. The van der Waals surface area contributed by atoms with E-state index in [0.29, 0.717) is 10.0 Å². The lowest BCUT2D eigenvalue weighted by Crippen LogP contribution is -2.50. The van der Waals surface area contributed by atoms with Crippen molar-refractivity contribution in [1.82, 2.24) is 10.2 Å². The zero-order valence-electron chi connectivity index (χ0n) is 17.5. The Morgan fingerprint density at radius 1 is 0.879 bits per heavy atom. The maximum atomic E-state index is 12.9. The zero-order chi connectivity index (χ0) is 23.1. The second kappa shape index (κ2) is 12.5. The Hall–Kier alpha value is -2.77. The lowest BCUT2D eigenvalue weighted by molar-refractivity contribution is -0.123. The minimum atomic E-state index is -1.15. The normalized spacial score (nSPS) is 11.4. The molecule has 2 amide bonds. The van der Waals surface area contributed by atoms with Crippen LogP contribution < -0.4 is 11.1 Å². The third kappa shape index (κ3) is 7.65. The van der Waals surface area contributed by atoms with Gasteiger partial charge in [-0.25, -0.2) is 4.79 Å². The highest BCUT2D eigenvalue weighted by atomic mass is 35.5. The van der Waals surface area contributed by atoms with Crippen LogP contribution in [0.3, 0.4) is 0 Å². The van der Waals surface area contributed by atoms with Gasteiger partial charge in [0.05, 0.1) is 6.04 Å². The summed E-state index contributed by atoms with van der Waals surface area (Å²) in [6.07, 6.45) is -1.15. The number of hydrogen-bond acceptors (Lipinski definition) is 3. The molecule has 1 unspecified atom stereocenters. The summed E-state index contributed by atoms with van der Waals surface area (Å²) in [4.78, 5) is 25.8. The van der Waals surface area contributed by atoms with E-state index in [9.17, 15) is 14.7 Å². The van der Waals surface area contributed by atoms with Gasteiger partial charge in [-0.3, -0.25) is 4.79 Å². The Morgan fingerprint density at radius 2 is 1.36 bits per heavy atom. The summed E-state index contributed by atoms with van der Waals surface area (Å²) in [7, 11) is 0. The summed E-state index contributed by atoms with van der Waals surface area (Å²) >= 11 is 12.0. The first kappa shape index (κ1) is 26.5. The molecule has 3 rings (SSSR count). The topological polar surface area (TPSA) is 95.7 Å². The van der Waals surface area contributed by atoms with Crippen LogP contribution in [-0.4, -0.2) is 34.6 Å². The average molecular weight is 509 g/mol. The number of rotatable bonds is 8. The van der Waals surface area contributed by atoms with Crippen LogP contribution in [0.4, 0.5) is 4.79 Å². The van der Waals surface area contributed by atoms with E-state index in [2.05, 4.69) is 5.32 Å². The van der Waals surface area contributed by atoms with E-state index >= 15 is 0 Å². The van der Waals surface area contributed by atoms with E-state index in [0.717, 1.165) is 21.6 Å².